The Kier molecular flexibility index (Phi) is 4.46. The van der Waals surface area contributed by atoms with Gasteiger partial charge in [0.1, 0.15) is 11.6 Å². The lowest BCUT2D eigenvalue weighted by Crippen LogP contribution is -2.12. The summed E-state index contributed by atoms with van der Waals surface area (Å²) < 4.78 is 31.5. The number of anilines is 1. The third-order valence-electron chi connectivity index (χ3n) is 2.98. The molecule has 108 valence electrons. The largest absolute Gasteiger partial charge is 0.435 e. The van der Waals surface area contributed by atoms with Crippen LogP contribution in [0, 0.1) is 10.5 Å². The number of nitrogens with two attached hydrogens (primary N) is 1. The van der Waals surface area contributed by atoms with Gasteiger partial charge in [-0.15, -0.1) is 0 Å². The molecule has 0 radical (unpaired) electrons. The lowest BCUT2D eigenvalue weighted by Gasteiger charge is -2.15. The molecule has 20 heavy (non-hydrogen) atoms. The quantitative estimate of drug-likeness (QED) is 0.808. The summed E-state index contributed by atoms with van der Waals surface area (Å²) in [7, 11) is 0. The van der Waals surface area contributed by atoms with Crippen molar-refractivity contribution in [3.05, 3.63) is 39.1 Å². The molecule has 0 aliphatic carbocycles. The van der Waals surface area contributed by atoms with Crippen molar-refractivity contribution >= 4 is 28.4 Å². The van der Waals surface area contributed by atoms with Crippen molar-refractivity contribution in [2.45, 2.75) is 26.5 Å². The number of ether oxygens (including phenoxy) is 1. The average molecular weight is 393 g/mol. The predicted octanol–water partition coefficient (Wildman–Crippen LogP) is 3.59. The first-order valence-corrected chi connectivity index (χ1v) is 7.03. The molecular formula is C13H14F2IN3O. The minimum Gasteiger partial charge on any atom is -0.435 e. The first-order chi connectivity index (χ1) is 9.40. The summed E-state index contributed by atoms with van der Waals surface area (Å²) in [5.41, 5.74) is 7.64. The molecule has 0 saturated carbocycles. The number of aryl methyl sites for hydroxylation is 1. The molecule has 1 aromatic heterocycles. The normalized spacial score (nSPS) is 12.7. The zero-order chi connectivity index (χ0) is 14.9. The Morgan fingerprint density at radius 1 is 1.40 bits per heavy atom. The maximum atomic E-state index is 12.2. The molecule has 7 heteroatoms. The molecule has 2 aromatic rings. The molecule has 4 nitrogen and oxygen atoms in total. The number of halogens is 3. The van der Waals surface area contributed by atoms with E-state index in [1.807, 2.05) is 19.9 Å². The van der Waals surface area contributed by atoms with Crippen LogP contribution in [0.3, 0.4) is 0 Å². The summed E-state index contributed by atoms with van der Waals surface area (Å²) in [4.78, 5) is 0. The molecule has 1 atom stereocenters. The monoisotopic (exact) mass is 393 g/mol. The van der Waals surface area contributed by atoms with E-state index in [4.69, 9.17) is 5.73 Å². The van der Waals surface area contributed by atoms with Crippen LogP contribution in [-0.2, 0) is 0 Å². The van der Waals surface area contributed by atoms with Crippen LogP contribution in [0.2, 0.25) is 0 Å². The zero-order valence-corrected chi connectivity index (χ0v) is 13.1. The maximum absolute atomic E-state index is 12.2. The van der Waals surface area contributed by atoms with Crippen LogP contribution in [0.4, 0.5) is 14.6 Å². The smallest absolute Gasteiger partial charge is 0.387 e. The Morgan fingerprint density at radius 2 is 2.10 bits per heavy atom. The predicted molar refractivity (Wildman–Crippen MR) is 81.0 cm³/mol. The van der Waals surface area contributed by atoms with Gasteiger partial charge in [-0.1, -0.05) is 12.1 Å². The third kappa shape index (κ3) is 3.02. The van der Waals surface area contributed by atoms with Crippen molar-refractivity contribution in [1.82, 2.24) is 9.78 Å². The average Bonchev–Trinajstić information content (AvgIpc) is 2.65. The molecule has 0 amide bonds. The zero-order valence-electron chi connectivity index (χ0n) is 11.0. The number of alkyl halides is 2. The summed E-state index contributed by atoms with van der Waals surface area (Å²) in [6.45, 7) is 0.941. The third-order valence-corrected chi connectivity index (χ3v) is 4.31. The Balaban J connectivity index is 2.33. The van der Waals surface area contributed by atoms with Gasteiger partial charge in [0.15, 0.2) is 0 Å². The number of nitrogens with zero attached hydrogens (tertiary/aromatic N) is 2. The van der Waals surface area contributed by atoms with Crippen molar-refractivity contribution in [2.75, 3.05) is 5.73 Å². The lowest BCUT2D eigenvalue weighted by molar-refractivity contribution is -0.0499. The van der Waals surface area contributed by atoms with E-state index in [2.05, 4.69) is 32.4 Å². The van der Waals surface area contributed by atoms with Crippen LogP contribution >= 0.6 is 22.6 Å². The second-order valence-electron chi connectivity index (χ2n) is 4.36. The molecule has 0 aliphatic rings. The first-order valence-electron chi connectivity index (χ1n) is 5.95. The number of hydrogen-bond donors (Lipinski definition) is 1. The lowest BCUT2D eigenvalue weighted by atomic mass is 10.1. The Morgan fingerprint density at radius 3 is 2.65 bits per heavy atom. The summed E-state index contributed by atoms with van der Waals surface area (Å²) in [6.07, 6.45) is 0. The maximum Gasteiger partial charge on any atom is 0.387 e. The molecule has 2 N–H and O–H groups in total. The topological polar surface area (TPSA) is 53.1 Å². The van der Waals surface area contributed by atoms with Gasteiger partial charge in [-0.3, -0.25) is 0 Å². The highest BCUT2D eigenvalue weighted by Crippen LogP contribution is 2.28. The van der Waals surface area contributed by atoms with Crippen LogP contribution in [0.5, 0.6) is 5.75 Å². The van der Waals surface area contributed by atoms with Gasteiger partial charge in [0, 0.05) is 0 Å². The van der Waals surface area contributed by atoms with Gasteiger partial charge in [0.25, 0.3) is 0 Å². The molecule has 0 aliphatic heterocycles. The van der Waals surface area contributed by atoms with E-state index >= 15 is 0 Å². The molecule has 1 heterocycles. The Labute approximate surface area is 129 Å². The SMILES string of the molecule is Cc1nn(C(C)c2cccc(OC(F)F)c2)c(N)c1I. The van der Waals surface area contributed by atoms with E-state index in [9.17, 15) is 8.78 Å². The van der Waals surface area contributed by atoms with Crippen molar-refractivity contribution in [1.29, 1.82) is 0 Å². The van der Waals surface area contributed by atoms with Crippen LogP contribution in [0.25, 0.3) is 0 Å². The van der Waals surface area contributed by atoms with Gasteiger partial charge in [-0.05, 0) is 54.1 Å². The standard InChI is InChI=1S/C13H14F2IN3O/c1-7-11(16)12(17)19(18-7)8(2)9-4-3-5-10(6-9)20-13(14)15/h3-6,8,13H,17H2,1-2H3. The van der Waals surface area contributed by atoms with E-state index in [0.29, 0.717) is 5.82 Å². The van der Waals surface area contributed by atoms with Crippen molar-refractivity contribution in [2.24, 2.45) is 0 Å². The van der Waals surface area contributed by atoms with Crippen molar-refractivity contribution in [3.8, 4) is 5.75 Å². The molecule has 1 unspecified atom stereocenters. The summed E-state index contributed by atoms with van der Waals surface area (Å²) in [5, 5.41) is 4.37. The summed E-state index contributed by atoms with van der Waals surface area (Å²) >= 11 is 2.13. The van der Waals surface area contributed by atoms with E-state index in [-0.39, 0.29) is 11.8 Å². The number of aromatic nitrogens is 2. The van der Waals surface area contributed by atoms with Gasteiger partial charge >= 0.3 is 6.61 Å². The Bertz CT molecular complexity index is 616. The summed E-state index contributed by atoms with van der Waals surface area (Å²) in [6, 6.07) is 6.38. The Hall–Kier alpha value is -1.38. The fourth-order valence-corrected chi connectivity index (χ4v) is 2.29. The van der Waals surface area contributed by atoms with Gasteiger partial charge in [-0.2, -0.15) is 13.9 Å². The molecule has 2 rings (SSSR count). The second-order valence-corrected chi connectivity index (χ2v) is 5.43. The highest BCUT2D eigenvalue weighted by molar-refractivity contribution is 14.1. The summed E-state index contributed by atoms with van der Waals surface area (Å²) in [5.74, 6) is 0.692. The number of nitrogen functional groups attached to an aromatic ring is 1. The number of hydrogen-bond acceptors (Lipinski definition) is 3. The molecular weight excluding hydrogens is 379 g/mol. The molecule has 0 bridgehead atoms. The fraction of sp³-hybridized carbons (Fsp3) is 0.308. The van der Waals surface area contributed by atoms with Crippen LogP contribution in [0.1, 0.15) is 24.2 Å². The fourth-order valence-electron chi connectivity index (χ4n) is 1.93. The van der Waals surface area contributed by atoms with Crippen LogP contribution < -0.4 is 10.5 Å². The van der Waals surface area contributed by atoms with Gasteiger partial charge in [0.2, 0.25) is 0 Å². The van der Waals surface area contributed by atoms with Gasteiger partial charge in [0.05, 0.1) is 15.3 Å². The van der Waals surface area contributed by atoms with Crippen molar-refractivity contribution in [3.63, 3.8) is 0 Å². The van der Waals surface area contributed by atoms with E-state index in [1.165, 1.54) is 6.07 Å². The van der Waals surface area contributed by atoms with Gasteiger partial charge in [-0.25, -0.2) is 4.68 Å². The van der Waals surface area contributed by atoms with Gasteiger partial charge < -0.3 is 10.5 Å². The van der Waals surface area contributed by atoms with Crippen molar-refractivity contribution < 1.29 is 13.5 Å². The number of rotatable bonds is 4. The molecule has 1 aromatic carbocycles. The highest BCUT2D eigenvalue weighted by atomic mass is 127. The minimum atomic E-state index is -2.83. The van der Waals surface area contributed by atoms with Crippen LogP contribution in [0.15, 0.2) is 24.3 Å². The molecule has 0 fully saturated rings. The minimum absolute atomic E-state index is 0.126. The number of benzene rings is 1. The van der Waals surface area contributed by atoms with E-state index in [1.54, 1.807) is 16.8 Å². The first kappa shape index (κ1) is 15.0. The molecule has 0 spiro atoms. The highest BCUT2D eigenvalue weighted by Gasteiger charge is 2.17. The molecule has 0 saturated heterocycles. The van der Waals surface area contributed by atoms with Crippen LogP contribution in [-0.4, -0.2) is 16.4 Å². The van der Waals surface area contributed by atoms with E-state index in [0.717, 1.165) is 14.8 Å². The second kappa shape index (κ2) is 5.94. The van der Waals surface area contributed by atoms with E-state index < -0.39 is 6.61 Å².